The topological polar surface area (TPSA) is 116 Å². The predicted molar refractivity (Wildman–Crippen MR) is 67.6 cm³/mol. The molecule has 9 heteroatoms. The first kappa shape index (κ1) is 15.3. The third-order valence-corrected chi connectivity index (χ3v) is 2.76. The Morgan fingerprint density at radius 2 is 1.89 bits per heavy atom. The normalized spacial score (nSPS) is 18.3. The molecule has 0 aromatic carbocycles. The summed E-state index contributed by atoms with van der Waals surface area (Å²) in [6.45, 7) is -0.540. The minimum absolute atomic E-state index is 0.0702. The van der Waals surface area contributed by atoms with E-state index < -0.39 is 24.3 Å². The number of aliphatic carboxylic acids is 1. The van der Waals surface area contributed by atoms with E-state index in [-0.39, 0.29) is 24.2 Å². The maximum atomic E-state index is 11.5. The van der Waals surface area contributed by atoms with Gasteiger partial charge >= 0.3 is 5.97 Å². The molecule has 1 aliphatic rings. The standard InChI is InChI=1S/C10H15N3O5S/c14-7(12-3-10(17)18)2-11-8(15)5-13-4-6(19)1-9(13)16/h6,19H,1-5H2,(H,11,15)(H,12,14)(H,17,18). The summed E-state index contributed by atoms with van der Waals surface area (Å²) in [5, 5.41) is 12.7. The Labute approximate surface area is 114 Å². The number of hydrogen-bond acceptors (Lipinski definition) is 5. The average Bonchev–Trinajstić information content (AvgIpc) is 2.62. The van der Waals surface area contributed by atoms with Crippen molar-refractivity contribution in [2.24, 2.45) is 0 Å². The van der Waals surface area contributed by atoms with Crippen molar-refractivity contribution in [2.45, 2.75) is 11.7 Å². The van der Waals surface area contributed by atoms with Crippen molar-refractivity contribution in [2.75, 3.05) is 26.2 Å². The van der Waals surface area contributed by atoms with E-state index in [0.29, 0.717) is 13.0 Å². The maximum absolute atomic E-state index is 11.5. The van der Waals surface area contributed by atoms with Crippen LogP contribution in [0.4, 0.5) is 0 Å². The summed E-state index contributed by atoms with van der Waals surface area (Å²) in [5.41, 5.74) is 0. The van der Waals surface area contributed by atoms with Gasteiger partial charge in [-0.15, -0.1) is 0 Å². The summed E-state index contributed by atoms with van der Waals surface area (Å²) in [6, 6.07) is 0. The zero-order chi connectivity index (χ0) is 14.4. The minimum atomic E-state index is -1.16. The van der Waals surface area contributed by atoms with Crippen LogP contribution in [-0.2, 0) is 19.2 Å². The third-order valence-electron chi connectivity index (χ3n) is 2.41. The molecule has 0 saturated carbocycles. The van der Waals surface area contributed by atoms with Crippen LogP contribution in [0.1, 0.15) is 6.42 Å². The lowest BCUT2D eigenvalue weighted by Gasteiger charge is -2.15. The van der Waals surface area contributed by atoms with Gasteiger partial charge in [-0.1, -0.05) is 0 Å². The lowest BCUT2D eigenvalue weighted by molar-refractivity contribution is -0.138. The van der Waals surface area contributed by atoms with Gasteiger partial charge in [0.2, 0.25) is 17.7 Å². The molecule has 0 aliphatic carbocycles. The highest BCUT2D eigenvalue weighted by Crippen LogP contribution is 2.14. The van der Waals surface area contributed by atoms with Gasteiger partial charge in [-0.2, -0.15) is 12.6 Å². The van der Waals surface area contributed by atoms with Crippen molar-refractivity contribution in [1.29, 1.82) is 0 Å². The number of thiol groups is 1. The molecule has 0 aromatic rings. The molecule has 106 valence electrons. The van der Waals surface area contributed by atoms with Gasteiger partial charge in [0.15, 0.2) is 0 Å². The first-order chi connectivity index (χ1) is 8.88. The number of likely N-dealkylation sites (tertiary alicyclic amines) is 1. The summed E-state index contributed by atoms with van der Waals surface area (Å²) < 4.78 is 0. The summed E-state index contributed by atoms with van der Waals surface area (Å²) in [4.78, 5) is 45.5. The van der Waals surface area contributed by atoms with Crippen LogP contribution in [0.25, 0.3) is 0 Å². The molecule has 0 radical (unpaired) electrons. The smallest absolute Gasteiger partial charge is 0.322 e. The molecule has 0 aromatic heterocycles. The van der Waals surface area contributed by atoms with E-state index in [4.69, 9.17) is 5.11 Å². The molecule has 1 unspecified atom stereocenters. The Bertz CT molecular complexity index is 401. The van der Waals surface area contributed by atoms with Gasteiger partial charge in [-0.25, -0.2) is 0 Å². The van der Waals surface area contributed by atoms with Crippen LogP contribution in [-0.4, -0.2) is 65.1 Å². The second-order valence-electron chi connectivity index (χ2n) is 4.08. The second-order valence-corrected chi connectivity index (χ2v) is 4.81. The quantitative estimate of drug-likeness (QED) is 0.415. The molecule has 1 rings (SSSR count). The zero-order valence-electron chi connectivity index (χ0n) is 10.1. The molecular formula is C10H15N3O5S. The van der Waals surface area contributed by atoms with E-state index in [1.807, 2.05) is 0 Å². The summed E-state index contributed by atoms with van der Waals surface area (Å²) >= 11 is 4.15. The van der Waals surface area contributed by atoms with Gasteiger partial charge < -0.3 is 20.6 Å². The lowest BCUT2D eigenvalue weighted by Crippen LogP contribution is -2.43. The molecule has 3 N–H and O–H groups in total. The lowest BCUT2D eigenvalue weighted by atomic mass is 10.4. The van der Waals surface area contributed by atoms with E-state index in [9.17, 15) is 19.2 Å². The molecule has 1 atom stereocenters. The Balaban J connectivity index is 2.23. The number of carbonyl (C=O) groups is 4. The molecule has 1 fully saturated rings. The number of amides is 3. The Hall–Kier alpha value is -1.77. The number of carboxylic acids is 1. The maximum Gasteiger partial charge on any atom is 0.322 e. The molecule has 19 heavy (non-hydrogen) atoms. The predicted octanol–water partition coefficient (Wildman–Crippen LogP) is -2.17. The molecule has 1 heterocycles. The van der Waals surface area contributed by atoms with Crippen LogP contribution in [0, 0.1) is 0 Å². The summed E-state index contributed by atoms with van der Waals surface area (Å²) in [6.07, 6.45) is 0.301. The number of rotatable bonds is 6. The van der Waals surface area contributed by atoms with E-state index in [1.54, 1.807) is 0 Å². The van der Waals surface area contributed by atoms with Gasteiger partial charge in [0, 0.05) is 18.2 Å². The van der Waals surface area contributed by atoms with Crippen molar-refractivity contribution in [3.05, 3.63) is 0 Å². The average molecular weight is 289 g/mol. The molecule has 0 spiro atoms. The van der Waals surface area contributed by atoms with Crippen molar-refractivity contribution < 1.29 is 24.3 Å². The van der Waals surface area contributed by atoms with Crippen LogP contribution in [0.15, 0.2) is 0 Å². The largest absolute Gasteiger partial charge is 0.480 e. The molecular weight excluding hydrogens is 274 g/mol. The molecule has 1 saturated heterocycles. The Morgan fingerprint density at radius 3 is 2.42 bits per heavy atom. The van der Waals surface area contributed by atoms with Crippen molar-refractivity contribution >= 4 is 36.3 Å². The van der Waals surface area contributed by atoms with E-state index >= 15 is 0 Å². The van der Waals surface area contributed by atoms with Gasteiger partial charge in [-0.05, 0) is 0 Å². The van der Waals surface area contributed by atoms with Crippen LogP contribution in [0.5, 0.6) is 0 Å². The molecule has 1 aliphatic heterocycles. The van der Waals surface area contributed by atoms with Crippen LogP contribution in [0.2, 0.25) is 0 Å². The Morgan fingerprint density at radius 1 is 1.26 bits per heavy atom. The summed E-state index contributed by atoms with van der Waals surface area (Å²) in [5.74, 6) is -2.38. The van der Waals surface area contributed by atoms with Gasteiger partial charge in [0.25, 0.3) is 0 Å². The van der Waals surface area contributed by atoms with Gasteiger partial charge in [-0.3, -0.25) is 19.2 Å². The van der Waals surface area contributed by atoms with Crippen LogP contribution < -0.4 is 10.6 Å². The van der Waals surface area contributed by atoms with E-state index in [2.05, 4.69) is 23.3 Å². The zero-order valence-corrected chi connectivity index (χ0v) is 11.0. The monoisotopic (exact) mass is 289 g/mol. The fourth-order valence-corrected chi connectivity index (χ4v) is 1.90. The first-order valence-corrected chi connectivity index (χ1v) is 6.11. The fourth-order valence-electron chi connectivity index (χ4n) is 1.55. The number of nitrogens with zero attached hydrogens (tertiary/aromatic N) is 1. The van der Waals surface area contributed by atoms with Crippen LogP contribution >= 0.6 is 12.6 Å². The highest BCUT2D eigenvalue weighted by molar-refractivity contribution is 7.81. The SMILES string of the molecule is O=C(O)CNC(=O)CNC(=O)CN1CC(S)CC1=O. The van der Waals surface area contributed by atoms with Crippen molar-refractivity contribution in [3.63, 3.8) is 0 Å². The third kappa shape index (κ3) is 5.60. The highest BCUT2D eigenvalue weighted by Gasteiger charge is 2.28. The first-order valence-electron chi connectivity index (χ1n) is 5.59. The fraction of sp³-hybridized carbons (Fsp3) is 0.600. The second kappa shape index (κ2) is 6.98. The van der Waals surface area contributed by atoms with Crippen molar-refractivity contribution in [3.8, 4) is 0 Å². The Kier molecular flexibility index (Phi) is 5.61. The molecule has 8 nitrogen and oxygen atoms in total. The molecule has 0 bridgehead atoms. The van der Waals surface area contributed by atoms with Gasteiger partial charge in [0.05, 0.1) is 13.1 Å². The minimum Gasteiger partial charge on any atom is -0.480 e. The summed E-state index contributed by atoms with van der Waals surface area (Å²) in [7, 11) is 0. The van der Waals surface area contributed by atoms with Crippen molar-refractivity contribution in [1.82, 2.24) is 15.5 Å². The number of carbonyl (C=O) groups excluding carboxylic acids is 3. The molecule has 3 amide bonds. The highest BCUT2D eigenvalue weighted by atomic mass is 32.1. The number of hydrogen-bond donors (Lipinski definition) is 4. The van der Waals surface area contributed by atoms with E-state index in [1.165, 1.54) is 4.90 Å². The number of nitrogens with one attached hydrogen (secondary N) is 2. The van der Waals surface area contributed by atoms with E-state index in [0.717, 1.165) is 0 Å². The number of carboxylic acid groups (broad SMARTS) is 1. The van der Waals surface area contributed by atoms with Crippen LogP contribution in [0.3, 0.4) is 0 Å². The van der Waals surface area contributed by atoms with Gasteiger partial charge in [0.1, 0.15) is 6.54 Å².